The number of rotatable bonds is 4. The van der Waals surface area contributed by atoms with Crippen molar-refractivity contribution >= 4 is 78.5 Å². The molecule has 0 bridgehead atoms. The van der Waals surface area contributed by atoms with Gasteiger partial charge in [-0.15, -0.1) is 0 Å². The van der Waals surface area contributed by atoms with Crippen LogP contribution >= 0.6 is 0 Å². The summed E-state index contributed by atoms with van der Waals surface area (Å²) < 4.78 is 0. The SMILES string of the molecule is Cc1ccc2c(c1)-c1cc(C)cc3c1B2c1cc2c(-c4ccccc4-c4ccccc4)cc4c5c(cc6c(-c7ccccc7-c7ccccc7)cc-3c1c6c25)B1c2ccc(C)cc2-c2cc(C)cc-4c21. The molecular weight excluding hydrogens is 838 g/mol. The third-order valence-corrected chi connectivity index (χ3v) is 16.8. The zero-order valence-electron chi connectivity index (χ0n) is 39.6. The molecule has 0 spiro atoms. The second kappa shape index (κ2) is 13.7. The molecule has 16 rings (SSSR count). The molecule has 4 heterocycles. The molecule has 0 aliphatic carbocycles. The molecule has 70 heavy (non-hydrogen) atoms. The first-order valence-corrected chi connectivity index (χ1v) is 25.1. The van der Waals surface area contributed by atoms with Crippen molar-refractivity contribution in [3.05, 3.63) is 216 Å². The third-order valence-electron chi connectivity index (χ3n) is 16.8. The van der Waals surface area contributed by atoms with Gasteiger partial charge in [-0.3, -0.25) is 0 Å². The second-order valence-corrected chi connectivity index (χ2v) is 20.9. The van der Waals surface area contributed by atoms with Crippen LogP contribution in [0.2, 0.25) is 0 Å². The maximum absolute atomic E-state index is 2.68. The smallest absolute Gasteiger partial charge is 0.0661 e. The van der Waals surface area contributed by atoms with Gasteiger partial charge in [-0.25, -0.2) is 0 Å². The highest BCUT2D eigenvalue weighted by Crippen LogP contribution is 2.52. The van der Waals surface area contributed by atoms with Gasteiger partial charge >= 0.3 is 0 Å². The normalized spacial score (nSPS) is 13.1. The quantitative estimate of drug-likeness (QED) is 0.122. The highest BCUT2D eigenvalue weighted by Gasteiger charge is 2.45. The first-order chi connectivity index (χ1) is 34.4. The van der Waals surface area contributed by atoms with E-state index in [1.54, 1.807) is 0 Å². The number of fused-ring (bicyclic) bond motifs is 10. The molecular formula is C68H44B2. The molecule has 4 aliphatic rings. The lowest BCUT2D eigenvalue weighted by Gasteiger charge is -2.33. The summed E-state index contributed by atoms with van der Waals surface area (Å²) in [5.41, 5.74) is 35.0. The first kappa shape index (κ1) is 38.7. The van der Waals surface area contributed by atoms with Gasteiger partial charge in [-0.05, 0) is 172 Å². The van der Waals surface area contributed by atoms with Crippen LogP contribution in [0, 0.1) is 27.7 Å². The van der Waals surface area contributed by atoms with Crippen molar-refractivity contribution in [2.45, 2.75) is 27.7 Å². The summed E-state index contributed by atoms with van der Waals surface area (Å²) in [6.45, 7) is 9.32. The molecule has 4 aliphatic heterocycles. The van der Waals surface area contributed by atoms with Gasteiger partial charge < -0.3 is 0 Å². The predicted octanol–water partition coefficient (Wildman–Crippen LogP) is 13.4. The van der Waals surface area contributed by atoms with Crippen LogP contribution in [0.1, 0.15) is 22.3 Å². The average molecular weight is 883 g/mol. The summed E-state index contributed by atoms with van der Waals surface area (Å²) in [4.78, 5) is 0. The van der Waals surface area contributed by atoms with E-state index in [-0.39, 0.29) is 13.4 Å². The Labute approximate surface area is 409 Å². The Hall–Kier alpha value is -8.19. The molecule has 0 saturated heterocycles. The molecule has 12 aromatic rings. The largest absolute Gasteiger partial charge is 0.244 e. The zero-order chi connectivity index (χ0) is 46.3. The molecule has 0 fully saturated rings. The van der Waals surface area contributed by atoms with Crippen molar-refractivity contribution in [3.63, 3.8) is 0 Å². The summed E-state index contributed by atoms with van der Waals surface area (Å²) in [5.74, 6) is 0. The van der Waals surface area contributed by atoms with E-state index >= 15 is 0 Å². The van der Waals surface area contributed by atoms with E-state index in [4.69, 9.17) is 0 Å². The van der Waals surface area contributed by atoms with E-state index < -0.39 is 0 Å². The number of hydrogen-bond acceptors (Lipinski definition) is 0. The fourth-order valence-electron chi connectivity index (χ4n) is 14.1. The van der Waals surface area contributed by atoms with Crippen LogP contribution in [0.3, 0.4) is 0 Å². The van der Waals surface area contributed by atoms with Crippen LogP contribution in [0.5, 0.6) is 0 Å². The summed E-state index contributed by atoms with van der Waals surface area (Å²) in [6, 6.07) is 75.4. The minimum absolute atomic E-state index is 0.114. The summed E-state index contributed by atoms with van der Waals surface area (Å²) in [7, 11) is 0. The van der Waals surface area contributed by atoms with Gasteiger partial charge in [-0.1, -0.05) is 226 Å². The molecule has 0 atom stereocenters. The van der Waals surface area contributed by atoms with Crippen LogP contribution in [0.25, 0.3) is 121 Å². The molecule has 0 aromatic heterocycles. The Bertz CT molecular complexity index is 4050. The van der Waals surface area contributed by atoms with Crippen LogP contribution in [0.4, 0.5) is 0 Å². The maximum atomic E-state index is 2.68. The van der Waals surface area contributed by atoms with Crippen molar-refractivity contribution in [3.8, 4) is 89.0 Å². The number of benzene rings is 12. The molecule has 0 N–H and O–H groups in total. The third kappa shape index (κ3) is 4.98. The second-order valence-electron chi connectivity index (χ2n) is 20.9. The Morgan fingerprint density at radius 2 is 0.586 bits per heavy atom. The van der Waals surface area contributed by atoms with E-state index in [2.05, 4.69) is 222 Å². The minimum atomic E-state index is 0.114. The van der Waals surface area contributed by atoms with Crippen molar-refractivity contribution in [1.82, 2.24) is 0 Å². The first-order valence-electron chi connectivity index (χ1n) is 25.1. The molecule has 0 unspecified atom stereocenters. The van der Waals surface area contributed by atoms with Gasteiger partial charge in [0, 0.05) is 0 Å². The van der Waals surface area contributed by atoms with Gasteiger partial charge in [0.25, 0.3) is 0 Å². The molecule has 0 amide bonds. The van der Waals surface area contributed by atoms with Crippen molar-refractivity contribution < 1.29 is 0 Å². The topological polar surface area (TPSA) is 0 Å². The summed E-state index contributed by atoms with van der Waals surface area (Å²) in [5, 5.41) is 8.30. The van der Waals surface area contributed by atoms with E-state index in [1.807, 2.05) is 0 Å². The fourth-order valence-corrected chi connectivity index (χ4v) is 14.1. The van der Waals surface area contributed by atoms with Gasteiger partial charge in [-0.2, -0.15) is 0 Å². The Morgan fingerprint density at radius 1 is 0.229 bits per heavy atom. The lowest BCUT2D eigenvalue weighted by atomic mass is 9.34. The van der Waals surface area contributed by atoms with Crippen molar-refractivity contribution in [1.29, 1.82) is 0 Å². The van der Waals surface area contributed by atoms with E-state index in [0.29, 0.717) is 0 Å². The summed E-state index contributed by atoms with van der Waals surface area (Å²) >= 11 is 0. The maximum Gasteiger partial charge on any atom is 0.244 e. The van der Waals surface area contributed by atoms with Gasteiger partial charge in [0.2, 0.25) is 13.4 Å². The molecule has 12 aromatic carbocycles. The fraction of sp³-hybridized carbons (Fsp3) is 0.0588. The lowest BCUT2D eigenvalue weighted by Crippen LogP contribution is -2.53. The van der Waals surface area contributed by atoms with E-state index in [9.17, 15) is 0 Å². The Balaban J connectivity index is 1.16. The number of aryl methyl sites for hydroxylation is 4. The van der Waals surface area contributed by atoms with Gasteiger partial charge in [0.05, 0.1) is 0 Å². The zero-order valence-corrected chi connectivity index (χ0v) is 39.6. The lowest BCUT2D eigenvalue weighted by molar-refractivity contribution is 1.47. The van der Waals surface area contributed by atoms with Crippen LogP contribution < -0.4 is 32.8 Å². The number of hydrogen-bond donors (Lipinski definition) is 0. The van der Waals surface area contributed by atoms with Crippen LogP contribution in [-0.2, 0) is 0 Å². The molecule has 0 nitrogen and oxygen atoms in total. The van der Waals surface area contributed by atoms with Crippen LogP contribution in [0.15, 0.2) is 194 Å². The van der Waals surface area contributed by atoms with E-state index in [0.717, 1.165) is 0 Å². The molecule has 0 saturated carbocycles. The summed E-state index contributed by atoms with van der Waals surface area (Å²) in [6.07, 6.45) is 0. The van der Waals surface area contributed by atoms with Crippen LogP contribution in [-0.4, -0.2) is 13.4 Å². The van der Waals surface area contributed by atoms with Gasteiger partial charge in [0.1, 0.15) is 0 Å². The van der Waals surface area contributed by atoms with Gasteiger partial charge in [0.15, 0.2) is 0 Å². The highest BCUT2D eigenvalue weighted by atomic mass is 14.4. The standard InChI is InChI=1S/C68H44B2/c1-37-23-25-59-49(27-37)55-29-39(3)31-57-51-33-47(45-21-13-11-19-43(45)41-15-7-5-8-16-41)54-36-62-64-52(58-32-40(4)30-56-50-28-38(2)24-26-60(50)70(62)68(56)58)34-48(46-22-14-12-20-44(46)42-17-9-6-10-18-42)53-35-61(69(59)67(55)57)63(51)65(54)66(53)64/h5-36H,1-4H3. The molecule has 322 valence electrons. The average Bonchev–Trinajstić information content (AvgIpc) is 3.89. The highest BCUT2D eigenvalue weighted by molar-refractivity contribution is 7.03. The molecule has 2 heteroatoms. The monoisotopic (exact) mass is 882 g/mol. The van der Waals surface area contributed by atoms with E-state index in [1.165, 1.54) is 176 Å². The Morgan fingerprint density at radius 3 is 1.00 bits per heavy atom. The van der Waals surface area contributed by atoms with Crippen molar-refractivity contribution in [2.75, 3.05) is 0 Å². The molecule has 0 radical (unpaired) electrons. The minimum Gasteiger partial charge on any atom is -0.0661 e. The Kier molecular flexibility index (Phi) is 7.61. The predicted molar refractivity (Wildman–Crippen MR) is 302 cm³/mol. The van der Waals surface area contributed by atoms with Crippen molar-refractivity contribution in [2.24, 2.45) is 0 Å².